The Morgan fingerprint density at radius 1 is 1.30 bits per heavy atom. The molecule has 0 saturated carbocycles. The van der Waals surface area contributed by atoms with E-state index in [1.165, 1.54) is 0 Å². The fourth-order valence-corrected chi connectivity index (χ4v) is 1.57. The summed E-state index contributed by atoms with van der Waals surface area (Å²) < 4.78 is 42.3. The van der Waals surface area contributed by atoms with Crippen molar-refractivity contribution in [2.24, 2.45) is 0 Å². The normalized spacial score (nSPS) is 11.0. The number of aromatic nitrogens is 1. The number of halogens is 4. The van der Waals surface area contributed by atoms with Crippen molar-refractivity contribution in [3.05, 3.63) is 22.8 Å². The number of carbonyl (C=O) groups excluding carboxylic acids is 1. The molecule has 0 spiro atoms. The monoisotopic (exact) mass is 355 g/mol. The van der Waals surface area contributed by atoms with Crippen LogP contribution in [0.15, 0.2) is 12.3 Å². The number of rotatable bonds is 7. The van der Waals surface area contributed by atoms with Gasteiger partial charge in [-0.3, -0.25) is 4.79 Å². The molecular weight excluding hydrogens is 343 g/mol. The van der Waals surface area contributed by atoms with Crippen LogP contribution in [0.2, 0.25) is 5.02 Å². The van der Waals surface area contributed by atoms with Crippen LogP contribution in [0.3, 0.4) is 0 Å². The van der Waals surface area contributed by atoms with Crippen molar-refractivity contribution in [2.45, 2.75) is 12.6 Å². The van der Waals surface area contributed by atoms with Gasteiger partial charge in [-0.25, -0.2) is 9.78 Å². The van der Waals surface area contributed by atoms with Crippen molar-refractivity contribution in [3.8, 4) is 5.88 Å². The summed E-state index contributed by atoms with van der Waals surface area (Å²) in [7, 11) is 0. The minimum atomic E-state index is -4.55. The van der Waals surface area contributed by atoms with Crippen LogP contribution in [0, 0.1) is 0 Å². The highest BCUT2D eigenvalue weighted by Gasteiger charge is 2.31. The Labute approximate surface area is 133 Å². The van der Waals surface area contributed by atoms with Gasteiger partial charge in [-0.05, 0) is 6.07 Å². The molecule has 128 valence electrons. The molecule has 0 atom stereocenters. The molecule has 7 nitrogen and oxygen atoms in total. The molecule has 0 unspecified atom stereocenters. The van der Waals surface area contributed by atoms with Crippen molar-refractivity contribution in [2.75, 3.05) is 19.7 Å². The van der Waals surface area contributed by atoms with Gasteiger partial charge in [0, 0.05) is 12.7 Å². The SMILES string of the molecule is O=C(O)CCNC(=O)NCCOc1ncc(C(F)(F)F)cc1Cl. The number of nitrogens with one attached hydrogen (secondary N) is 2. The number of nitrogens with zero attached hydrogens (tertiary/aromatic N) is 1. The number of amides is 2. The lowest BCUT2D eigenvalue weighted by molar-refractivity contribution is -0.138. The Balaban J connectivity index is 2.33. The zero-order valence-electron chi connectivity index (χ0n) is 11.6. The Morgan fingerprint density at radius 3 is 2.52 bits per heavy atom. The molecule has 0 aliphatic heterocycles. The zero-order chi connectivity index (χ0) is 17.5. The Morgan fingerprint density at radius 2 is 1.96 bits per heavy atom. The first-order valence-electron chi connectivity index (χ1n) is 6.29. The highest BCUT2D eigenvalue weighted by molar-refractivity contribution is 6.31. The van der Waals surface area contributed by atoms with Crippen molar-refractivity contribution in [1.29, 1.82) is 0 Å². The Hall–Kier alpha value is -2.23. The second-order valence-electron chi connectivity index (χ2n) is 4.18. The van der Waals surface area contributed by atoms with Crippen LogP contribution in [-0.2, 0) is 11.0 Å². The van der Waals surface area contributed by atoms with E-state index in [2.05, 4.69) is 15.6 Å². The molecular formula is C12H13ClF3N3O4. The summed E-state index contributed by atoms with van der Waals surface area (Å²) in [6, 6.07) is 0.0944. The average Bonchev–Trinajstić information content (AvgIpc) is 2.43. The number of alkyl halides is 3. The zero-order valence-corrected chi connectivity index (χ0v) is 12.4. The van der Waals surface area contributed by atoms with Crippen LogP contribution >= 0.6 is 11.6 Å². The maximum absolute atomic E-state index is 12.4. The second-order valence-corrected chi connectivity index (χ2v) is 4.59. The van der Waals surface area contributed by atoms with Gasteiger partial charge in [-0.15, -0.1) is 0 Å². The number of carboxylic acids is 1. The van der Waals surface area contributed by atoms with E-state index in [0.717, 1.165) is 0 Å². The van der Waals surface area contributed by atoms with Gasteiger partial charge < -0.3 is 20.5 Å². The highest BCUT2D eigenvalue weighted by atomic mass is 35.5. The third-order valence-corrected chi connectivity index (χ3v) is 2.66. The van der Waals surface area contributed by atoms with Gasteiger partial charge in [0.15, 0.2) is 0 Å². The summed E-state index contributed by atoms with van der Waals surface area (Å²) in [5, 5.41) is 12.7. The van der Waals surface area contributed by atoms with Crippen molar-refractivity contribution >= 4 is 23.6 Å². The number of urea groups is 1. The smallest absolute Gasteiger partial charge is 0.417 e. The number of carbonyl (C=O) groups is 2. The number of hydrogen-bond donors (Lipinski definition) is 3. The summed E-state index contributed by atoms with van der Waals surface area (Å²) in [5.74, 6) is -1.23. The quantitative estimate of drug-likeness (QED) is 0.649. The molecule has 0 bridgehead atoms. The van der Waals surface area contributed by atoms with Crippen LogP contribution in [0.4, 0.5) is 18.0 Å². The number of carboxylic acid groups (broad SMARTS) is 1. The predicted molar refractivity (Wildman–Crippen MR) is 73.4 cm³/mol. The molecule has 0 aliphatic rings. The van der Waals surface area contributed by atoms with Gasteiger partial charge in [-0.1, -0.05) is 11.6 Å². The van der Waals surface area contributed by atoms with E-state index in [4.69, 9.17) is 21.4 Å². The van der Waals surface area contributed by atoms with Crippen LogP contribution in [0.25, 0.3) is 0 Å². The maximum Gasteiger partial charge on any atom is 0.417 e. The molecule has 23 heavy (non-hydrogen) atoms. The molecule has 1 heterocycles. The third kappa shape index (κ3) is 7.04. The lowest BCUT2D eigenvalue weighted by Crippen LogP contribution is -2.38. The molecule has 1 aromatic heterocycles. The molecule has 0 fully saturated rings. The molecule has 2 amide bonds. The molecule has 3 N–H and O–H groups in total. The summed E-state index contributed by atoms with van der Waals surface area (Å²) in [6.45, 7) is -0.0866. The van der Waals surface area contributed by atoms with E-state index < -0.39 is 23.7 Å². The van der Waals surface area contributed by atoms with Gasteiger partial charge in [0.25, 0.3) is 0 Å². The highest BCUT2D eigenvalue weighted by Crippen LogP contribution is 2.32. The van der Waals surface area contributed by atoms with Crippen LogP contribution in [-0.4, -0.2) is 41.8 Å². The van der Waals surface area contributed by atoms with Crippen molar-refractivity contribution in [1.82, 2.24) is 15.6 Å². The van der Waals surface area contributed by atoms with E-state index in [-0.39, 0.29) is 37.0 Å². The second kappa shape index (κ2) is 8.42. The Bertz CT molecular complexity index is 569. The number of aliphatic carboxylic acids is 1. The largest absolute Gasteiger partial charge is 0.481 e. The lowest BCUT2D eigenvalue weighted by Gasteiger charge is -2.11. The maximum atomic E-state index is 12.4. The van der Waals surface area contributed by atoms with Gasteiger partial charge in [0.05, 0.1) is 18.5 Å². The van der Waals surface area contributed by atoms with Crippen LogP contribution in [0.5, 0.6) is 5.88 Å². The first-order valence-corrected chi connectivity index (χ1v) is 6.67. The Kier molecular flexibility index (Phi) is 6.89. The minimum Gasteiger partial charge on any atom is -0.481 e. The molecule has 0 aliphatic carbocycles. The summed E-state index contributed by atoms with van der Waals surface area (Å²) >= 11 is 5.63. The third-order valence-electron chi connectivity index (χ3n) is 2.39. The predicted octanol–water partition coefficient (Wildman–Crippen LogP) is 1.91. The standard InChI is InChI=1S/C12H13ClF3N3O4/c13-8-5-7(12(14,15)16)6-19-10(8)23-4-3-18-11(22)17-2-1-9(20)21/h5-6H,1-4H2,(H,20,21)(H2,17,18,22). The van der Waals surface area contributed by atoms with Gasteiger partial charge >= 0.3 is 18.2 Å². The summed E-state index contributed by atoms with van der Waals surface area (Å²) in [5.41, 5.74) is -0.995. The van der Waals surface area contributed by atoms with E-state index in [0.29, 0.717) is 12.3 Å². The van der Waals surface area contributed by atoms with E-state index in [9.17, 15) is 22.8 Å². The molecule has 0 saturated heterocycles. The fourth-order valence-electron chi connectivity index (χ4n) is 1.34. The van der Waals surface area contributed by atoms with Crippen LogP contribution < -0.4 is 15.4 Å². The molecule has 0 aromatic carbocycles. The van der Waals surface area contributed by atoms with Crippen molar-refractivity contribution < 1.29 is 32.6 Å². The van der Waals surface area contributed by atoms with Gasteiger partial charge in [0.1, 0.15) is 11.6 Å². The first kappa shape index (κ1) is 18.8. The molecule has 1 aromatic rings. The van der Waals surface area contributed by atoms with Gasteiger partial charge in [-0.2, -0.15) is 13.2 Å². The number of ether oxygens (including phenoxy) is 1. The summed E-state index contributed by atoms with van der Waals surface area (Å²) in [6.07, 6.45) is -4.17. The topological polar surface area (TPSA) is 101 Å². The lowest BCUT2D eigenvalue weighted by atomic mass is 10.3. The number of hydrogen-bond acceptors (Lipinski definition) is 4. The summed E-state index contributed by atoms with van der Waals surface area (Å²) in [4.78, 5) is 24.9. The van der Waals surface area contributed by atoms with E-state index >= 15 is 0 Å². The fraction of sp³-hybridized carbons (Fsp3) is 0.417. The first-order chi connectivity index (χ1) is 10.7. The number of pyridine rings is 1. The van der Waals surface area contributed by atoms with E-state index in [1.807, 2.05) is 0 Å². The average molecular weight is 356 g/mol. The van der Waals surface area contributed by atoms with Crippen molar-refractivity contribution in [3.63, 3.8) is 0 Å². The molecule has 11 heteroatoms. The molecule has 1 rings (SSSR count). The van der Waals surface area contributed by atoms with E-state index in [1.54, 1.807) is 0 Å². The van der Waals surface area contributed by atoms with Crippen LogP contribution in [0.1, 0.15) is 12.0 Å². The molecule has 0 radical (unpaired) electrons. The van der Waals surface area contributed by atoms with Gasteiger partial charge in [0.2, 0.25) is 5.88 Å². The minimum absolute atomic E-state index is 0.0257.